The van der Waals surface area contributed by atoms with Crippen molar-refractivity contribution in [2.24, 2.45) is 0 Å². The summed E-state index contributed by atoms with van der Waals surface area (Å²) in [5.74, 6) is 0.602. The quantitative estimate of drug-likeness (QED) is 0.854. The highest BCUT2D eigenvalue weighted by molar-refractivity contribution is 7.98. The van der Waals surface area contributed by atoms with Gasteiger partial charge < -0.3 is 19.4 Å². The maximum absolute atomic E-state index is 12.8. The number of hydrogen-bond donors (Lipinski definition) is 1. The van der Waals surface area contributed by atoms with Crippen molar-refractivity contribution in [2.75, 3.05) is 25.1 Å². The minimum atomic E-state index is -0.544. The van der Waals surface area contributed by atoms with Crippen molar-refractivity contribution in [3.05, 3.63) is 24.2 Å². The van der Waals surface area contributed by atoms with Crippen molar-refractivity contribution < 1.29 is 18.7 Å². The summed E-state index contributed by atoms with van der Waals surface area (Å²) in [5.41, 5.74) is 0. The molecule has 0 unspecified atom stereocenters. The highest BCUT2D eigenvalue weighted by Crippen LogP contribution is 2.14. The van der Waals surface area contributed by atoms with Crippen LogP contribution in [0.2, 0.25) is 0 Å². The zero-order valence-electron chi connectivity index (χ0n) is 13.8. The Kier molecular flexibility index (Phi) is 6.53. The van der Waals surface area contributed by atoms with Crippen molar-refractivity contribution in [3.8, 4) is 0 Å². The van der Waals surface area contributed by atoms with Crippen molar-refractivity contribution in [1.82, 2.24) is 10.2 Å². The number of carbonyl (C=O) groups excluding carboxylic acids is 2. The SMILES string of the molecule is CSCC[C@@H](NC(=O)c1ccco1)C(=O)N1C[C@@H](C)O[C@@H](C)C1. The number of nitrogens with zero attached hydrogens (tertiary/aromatic N) is 1. The molecule has 1 N–H and O–H groups in total. The molecule has 3 atom stereocenters. The standard InChI is InChI=1S/C16H24N2O4S/c1-11-9-18(10-12(2)22-11)16(20)13(6-8-23-3)17-15(19)14-5-4-7-21-14/h4-5,7,11-13H,6,8-10H2,1-3H3,(H,17,19)/t11-,12+,13-/m1/s1. The Balaban J connectivity index is 2.04. The average molecular weight is 340 g/mol. The molecule has 23 heavy (non-hydrogen) atoms. The molecule has 6 nitrogen and oxygen atoms in total. The number of carbonyl (C=O) groups is 2. The molecular weight excluding hydrogens is 316 g/mol. The van der Waals surface area contributed by atoms with Gasteiger partial charge in [-0.25, -0.2) is 0 Å². The van der Waals surface area contributed by atoms with Gasteiger partial charge in [-0.05, 0) is 44.4 Å². The van der Waals surface area contributed by atoms with Crippen LogP contribution in [0.25, 0.3) is 0 Å². The molecule has 0 aromatic carbocycles. The van der Waals surface area contributed by atoms with Crippen LogP contribution in [0.5, 0.6) is 0 Å². The van der Waals surface area contributed by atoms with Gasteiger partial charge in [0.15, 0.2) is 5.76 Å². The summed E-state index contributed by atoms with van der Waals surface area (Å²) < 4.78 is 10.8. The number of furan rings is 1. The first-order valence-electron chi connectivity index (χ1n) is 7.78. The van der Waals surface area contributed by atoms with Crippen LogP contribution in [0.3, 0.4) is 0 Å². The maximum atomic E-state index is 12.8. The number of thioether (sulfide) groups is 1. The molecule has 0 spiro atoms. The number of rotatable bonds is 6. The smallest absolute Gasteiger partial charge is 0.287 e. The fourth-order valence-electron chi connectivity index (χ4n) is 2.71. The molecule has 1 saturated heterocycles. The molecule has 1 aliphatic rings. The summed E-state index contributed by atoms with van der Waals surface area (Å²) in [7, 11) is 0. The van der Waals surface area contributed by atoms with Gasteiger partial charge in [0.1, 0.15) is 6.04 Å². The predicted octanol–water partition coefficient (Wildman–Crippen LogP) is 1.77. The third-order valence-electron chi connectivity index (χ3n) is 3.69. The second-order valence-electron chi connectivity index (χ2n) is 5.79. The van der Waals surface area contributed by atoms with Gasteiger partial charge in [-0.2, -0.15) is 11.8 Å². The van der Waals surface area contributed by atoms with Crippen LogP contribution in [0.4, 0.5) is 0 Å². The van der Waals surface area contributed by atoms with E-state index in [1.165, 1.54) is 6.26 Å². The Bertz CT molecular complexity index is 510. The lowest BCUT2D eigenvalue weighted by atomic mass is 10.1. The van der Waals surface area contributed by atoms with Gasteiger partial charge in [0, 0.05) is 13.1 Å². The van der Waals surface area contributed by atoms with Crippen molar-refractivity contribution >= 4 is 23.6 Å². The Morgan fingerprint density at radius 3 is 2.65 bits per heavy atom. The molecule has 1 fully saturated rings. The van der Waals surface area contributed by atoms with Crippen LogP contribution < -0.4 is 5.32 Å². The van der Waals surface area contributed by atoms with Crippen molar-refractivity contribution in [3.63, 3.8) is 0 Å². The first-order valence-corrected chi connectivity index (χ1v) is 9.18. The summed E-state index contributed by atoms with van der Waals surface area (Å²) >= 11 is 1.65. The van der Waals surface area contributed by atoms with E-state index in [2.05, 4.69) is 5.32 Å². The maximum Gasteiger partial charge on any atom is 0.287 e. The Morgan fingerprint density at radius 2 is 2.09 bits per heavy atom. The summed E-state index contributed by atoms with van der Waals surface area (Å²) in [6.45, 7) is 5.01. The third kappa shape index (κ3) is 5.00. The van der Waals surface area contributed by atoms with Crippen molar-refractivity contribution in [2.45, 2.75) is 38.5 Å². The van der Waals surface area contributed by atoms with Gasteiger partial charge >= 0.3 is 0 Å². The Morgan fingerprint density at radius 1 is 1.39 bits per heavy atom. The van der Waals surface area contributed by atoms with Crippen LogP contribution in [-0.2, 0) is 9.53 Å². The van der Waals surface area contributed by atoms with Crippen molar-refractivity contribution in [1.29, 1.82) is 0 Å². The molecule has 1 aliphatic heterocycles. The Hall–Kier alpha value is -1.47. The van der Waals surface area contributed by atoms with Crippen LogP contribution >= 0.6 is 11.8 Å². The molecule has 1 aromatic heterocycles. The first-order chi connectivity index (χ1) is 11.0. The number of hydrogen-bond acceptors (Lipinski definition) is 5. The molecule has 2 rings (SSSR count). The predicted molar refractivity (Wildman–Crippen MR) is 89.6 cm³/mol. The van der Waals surface area contributed by atoms with Gasteiger partial charge in [-0.1, -0.05) is 0 Å². The lowest BCUT2D eigenvalue weighted by Crippen LogP contribution is -2.55. The highest BCUT2D eigenvalue weighted by atomic mass is 32.2. The lowest BCUT2D eigenvalue weighted by Gasteiger charge is -2.37. The monoisotopic (exact) mass is 340 g/mol. The highest BCUT2D eigenvalue weighted by Gasteiger charge is 2.31. The van der Waals surface area contributed by atoms with E-state index >= 15 is 0 Å². The van der Waals surface area contributed by atoms with Gasteiger partial charge in [-0.3, -0.25) is 9.59 Å². The minimum absolute atomic E-state index is 0.00433. The van der Waals surface area contributed by atoms with E-state index in [0.717, 1.165) is 5.75 Å². The number of morpholine rings is 1. The number of ether oxygens (including phenoxy) is 1. The first kappa shape index (κ1) is 17.9. The Labute approximate surface area is 140 Å². The van der Waals surface area contributed by atoms with Gasteiger partial charge in [0.25, 0.3) is 5.91 Å². The van der Waals surface area contributed by atoms with E-state index in [4.69, 9.17) is 9.15 Å². The second-order valence-corrected chi connectivity index (χ2v) is 6.77. The third-order valence-corrected chi connectivity index (χ3v) is 4.33. The summed E-state index contributed by atoms with van der Waals surface area (Å²) in [6.07, 6.45) is 4.02. The molecule has 7 heteroatoms. The van der Waals surface area contributed by atoms with E-state index in [-0.39, 0.29) is 29.8 Å². The average Bonchev–Trinajstić information content (AvgIpc) is 3.04. The van der Waals surface area contributed by atoms with Crippen LogP contribution in [0.1, 0.15) is 30.8 Å². The number of nitrogens with one attached hydrogen (secondary N) is 1. The number of amides is 2. The van der Waals surface area contributed by atoms with E-state index in [1.54, 1.807) is 28.8 Å². The molecule has 0 saturated carbocycles. The molecular formula is C16H24N2O4S. The minimum Gasteiger partial charge on any atom is -0.459 e. The van der Waals surface area contributed by atoms with Crippen LogP contribution in [0, 0.1) is 0 Å². The zero-order valence-corrected chi connectivity index (χ0v) is 14.6. The molecule has 1 aromatic rings. The molecule has 0 aliphatic carbocycles. The molecule has 2 heterocycles. The zero-order chi connectivity index (χ0) is 16.8. The fourth-order valence-corrected chi connectivity index (χ4v) is 3.18. The molecule has 128 valence electrons. The summed E-state index contributed by atoms with van der Waals surface area (Å²) in [6, 6.07) is 2.70. The van der Waals surface area contributed by atoms with Gasteiger partial charge in [0.2, 0.25) is 5.91 Å². The largest absolute Gasteiger partial charge is 0.459 e. The molecule has 0 radical (unpaired) electrons. The molecule has 2 amide bonds. The van der Waals surface area contributed by atoms with E-state index < -0.39 is 6.04 Å². The van der Waals surface area contributed by atoms with E-state index in [0.29, 0.717) is 19.5 Å². The van der Waals surface area contributed by atoms with E-state index in [1.807, 2.05) is 20.1 Å². The van der Waals surface area contributed by atoms with E-state index in [9.17, 15) is 9.59 Å². The topological polar surface area (TPSA) is 71.8 Å². The second kappa shape index (κ2) is 8.40. The normalized spacial score (nSPS) is 22.7. The van der Waals surface area contributed by atoms with Crippen LogP contribution in [-0.4, -0.2) is 60.1 Å². The van der Waals surface area contributed by atoms with Gasteiger partial charge in [-0.15, -0.1) is 0 Å². The fraction of sp³-hybridized carbons (Fsp3) is 0.625. The lowest BCUT2D eigenvalue weighted by molar-refractivity contribution is -0.145. The molecule has 0 bridgehead atoms. The van der Waals surface area contributed by atoms with Gasteiger partial charge in [0.05, 0.1) is 18.5 Å². The summed E-state index contributed by atoms with van der Waals surface area (Å²) in [4.78, 5) is 26.8. The van der Waals surface area contributed by atoms with Crippen LogP contribution in [0.15, 0.2) is 22.8 Å². The summed E-state index contributed by atoms with van der Waals surface area (Å²) in [5, 5.41) is 2.80.